The van der Waals surface area contributed by atoms with E-state index in [9.17, 15) is 4.79 Å². The number of hydrogen-bond acceptors (Lipinski definition) is 4. The molecule has 1 aliphatic rings. The summed E-state index contributed by atoms with van der Waals surface area (Å²) in [6, 6.07) is 7.74. The van der Waals surface area contributed by atoms with Gasteiger partial charge in [-0.3, -0.25) is 9.69 Å². The van der Waals surface area contributed by atoms with Gasteiger partial charge in [-0.15, -0.1) is 0 Å². The fraction of sp³-hybridized carbons (Fsp3) is 0.562. The fourth-order valence-electron chi connectivity index (χ4n) is 2.58. The Morgan fingerprint density at radius 2 is 2.05 bits per heavy atom. The maximum atomic E-state index is 12.6. The number of hydrogen-bond donors (Lipinski definition) is 1. The summed E-state index contributed by atoms with van der Waals surface area (Å²) in [7, 11) is 1.64. The van der Waals surface area contributed by atoms with E-state index in [2.05, 4.69) is 10.2 Å². The molecule has 1 saturated heterocycles. The lowest BCUT2D eigenvalue weighted by Crippen LogP contribution is -2.57. The van der Waals surface area contributed by atoms with Crippen molar-refractivity contribution in [1.82, 2.24) is 10.2 Å². The summed E-state index contributed by atoms with van der Waals surface area (Å²) >= 11 is 0. The Hall–Kier alpha value is -1.39. The zero-order valence-corrected chi connectivity index (χ0v) is 12.6. The molecule has 4 heteroatoms. The molecule has 0 aromatic heterocycles. The predicted octanol–water partition coefficient (Wildman–Crippen LogP) is 1.49. The van der Waals surface area contributed by atoms with Crippen LogP contribution in [0.2, 0.25) is 0 Å². The lowest BCUT2D eigenvalue weighted by atomic mass is 9.91. The van der Waals surface area contributed by atoms with Crippen LogP contribution >= 0.6 is 0 Å². The number of ether oxygens (including phenoxy) is 1. The van der Waals surface area contributed by atoms with E-state index >= 15 is 0 Å². The number of ketones is 1. The van der Waals surface area contributed by atoms with Crippen molar-refractivity contribution in [2.24, 2.45) is 0 Å². The van der Waals surface area contributed by atoms with Crippen molar-refractivity contribution < 1.29 is 9.53 Å². The number of rotatable bonds is 5. The summed E-state index contributed by atoms with van der Waals surface area (Å²) in [6.07, 6.45) is 0.453. The quantitative estimate of drug-likeness (QED) is 0.885. The smallest absolute Gasteiger partial charge is 0.156 e. The highest BCUT2D eigenvalue weighted by Crippen LogP contribution is 2.20. The fourth-order valence-corrected chi connectivity index (χ4v) is 2.58. The number of methoxy groups -OCH3 is 1. The molecule has 0 aliphatic carbocycles. The molecule has 2 rings (SSSR count). The van der Waals surface area contributed by atoms with Gasteiger partial charge in [-0.25, -0.2) is 0 Å². The van der Waals surface area contributed by atoms with Gasteiger partial charge in [0, 0.05) is 32.6 Å². The minimum atomic E-state index is -0.412. The first-order chi connectivity index (χ1) is 9.54. The second kappa shape index (κ2) is 6.37. The van der Waals surface area contributed by atoms with E-state index < -0.39 is 5.54 Å². The highest BCUT2D eigenvalue weighted by Gasteiger charge is 2.34. The minimum absolute atomic E-state index is 0.257. The summed E-state index contributed by atoms with van der Waals surface area (Å²) < 4.78 is 5.21. The Balaban J connectivity index is 2.05. The third kappa shape index (κ3) is 3.38. The monoisotopic (exact) mass is 276 g/mol. The van der Waals surface area contributed by atoms with E-state index in [1.165, 1.54) is 0 Å². The van der Waals surface area contributed by atoms with E-state index in [-0.39, 0.29) is 5.78 Å². The third-order valence-electron chi connectivity index (χ3n) is 4.09. The number of carbonyl (C=O) groups is 1. The van der Waals surface area contributed by atoms with Crippen molar-refractivity contribution >= 4 is 5.78 Å². The Labute approximate surface area is 121 Å². The molecule has 1 heterocycles. The third-order valence-corrected chi connectivity index (χ3v) is 4.09. The van der Waals surface area contributed by atoms with Crippen molar-refractivity contribution in [3.8, 4) is 5.75 Å². The Morgan fingerprint density at radius 1 is 1.35 bits per heavy atom. The molecule has 20 heavy (non-hydrogen) atoms. The number of piperazine rings is 1. The largest absolute Gasteiger partial charge is 0.497 e. The van der Waals surface area contributed by atoms with Crippen LogP contribution in [0.5, 0.6) is 5.75 Å². The van der Waals surface area contributed by atoms with Gasteiger partial charge in [-0.05, 0) is 31.5 Å². The van der Waals surface area contributed by atoms with E-state index in [0.29, 0.717) is 6.42 Å². The van der Waals surface area contributed by atoms with Gasteiger partial charge >= 0.3 is 0 Å². The second-order valence-electron chi connectivity index (χ2n) is 5.75. The van der Waals surface area contributed by atoms with Gasteiger partial charge < -0.3 is 10.1 Å². The van der Waals surface area contributed by atoms with Gasteiger partial charge in [-0.1, -0.05) is 12.1 Å². The van der Waals surface area contributed by atoms with E-state index in [0.717, 1.165) is 37.5 Å². The van der Waals surface area contributed by atoms with Crippen LogP contribution in [0.15, 0.2) is 24.3 Å². The Bertz CT molecular complexity index is 465. The number of Topliss-reactive ketones (excluding diaryl/α,β-unsaturated/α-hetero) is 1. The second-order valence-corrected chi connectivity index (χ2v) is 5.75. The molecule has 0 amide bonds. The molecule has 0 atom stereocenters. The van der Waals surface area contributed by atoms with Gasteiger partial charge in [0.25, 0.3) is 0 Å². The number of nitrogens with zero attached hydrogens (tertiary/aromatic N) is 1. The van der Waals surface area contributed by atoms with Crippen molar-refractivity contribution in [2.75, 3.05) is 33.3 Å². The van der Waals surface area contributed by atoms with Crippen molar-refractivity contribution in [3.63, 3.8) is 0 Å². The van der Waals surface area contributed by atoms with Crippen LogP contribution < -0.4 is 10.1 Å². The van der Waals surface area contributed by atoms with Crippen LogP contribution in [0.3, 0.4) is 0 Å². The lowest BCUT2D eigenvalue weighted by molar-refractivity contribution is -0.129. The number of benzene rings is 1. The standard InChI is InChI=1S/C16H24N2O2/c1-16(2,18-9-7-17-8-10-18)15(19)12-13-5-4-6-14(11-13)20-3/h4-6,11,17H,7-10,12H2,1-3H3. The Kier molecular flexibility index (Phi) is 4.78. The molecule has 0 spiro atoms. The molecule has 0 bridgehead atoms. The average Bonchev–Trinajstić information content (AvgIpc) is 2.48. The van der Waals surface area contributed by atoms with Gasteiger partial charge in [0.15, 0.2) is 5.78 Å². The van der Waals surface area contributed by atoms with E-state index in [4.69, 9.17) is 4.74 Å². The van der Waals surface area contributed by atoms with Gasteiger partial charge in [-0.2, -0.15) is 0 Å². The van der Waals surface area contributed by atoms with Crippen LogP contribution in [0.4, 0.5) is 0 Å². The lowest BCUT2D eigenvalue weighted by Gasteiger charge is -2.40. The van der Waals surface area contributed by atoms with Gasteiger partial charge in [0.2, 0.25) is 0 Å². The minimum Gasteiger partial charge on any atom is -0.497 e. The maximum absolute atomic E-state index is 12.6. The summed E-state index contributed by atoms with van der Waals surface area (Å²) in [4.78, 5) is 14.9. The van der Waals surface area contributed by atoms with Crippen LogP contribution in [-0.2, 0) is 11.2 Å². The summed E-state index contributed by atoms with van der Waals surface area (Å²) in [5.74, 6) is 1.06. The summed E-state index contributed by atoms with van der Waals surface area (Å²) in [6.45, 7) is 7.82. The summed E-state index contributed by atoms with van der Waals surface area (Å²) in [5.41, 5.74) is 0.600. The molecule has 0 saturated carbocycles. The highest BCUT2D eigenvalue weighted by atomic mass is 16.5. The molecule has 1 N–H and O–H groups in total. The molecular weight excluding hydrogens is 252 g/mol. The first-order valence-corrected chi connectivity index (χ1v) is 7.16. The highest BCUT2D eigenvalue weighted by molar-refractivity contribution is 5.89. The number of carbonyl (C=O) groups excluding carboxylic acids is 1. The molecule has 1 aliphatic heterocycles. The molecule has 1 aromatic rings. The van der Waals surface area contributed by atoms with Gasteiger partial charge in [0.05, 0.1) is 12.6 Å². The predicted molar refractivity (Wildman–Crippen MR) is 80.2 cm³/mol. The molecule has 1 fully saturated rings. The molecule has 1 aromatic carbocycles. The number of nitrogens with one attached hydrogen (secondary N) is 1. The zero-order valence-electron chi connectivity index (χ0n) is 12.6. The van der Waals surface area contributed by atoms with E-state index in [1.54, 1.807) is 7.11 Å². The van der Waals surface area contributed by atoms with Crippen LogP contribution in [0, 0.1) is 0 Å². The molecule has 110 valence electrons. The van der Waals surface area contributed by atoms with Crippen LogP contribution in [-0.4, -0.2) is 49.5 Å². The normalized spacial score (nSPS) is 16.9. The first-order valence-electron chi connectivity index (χ1n) is 7.16. The van der Waals surface area contributed by atoms with Crippen LogP contribution in [0.1, 0.15) is 19.4 Å². The van der Waals surface area contributed by atoms with Crippen molar-refractivity contribution in [2.45, 2.75) is 25.8 Å². The molecule has 0 radical (unpaired) electrons. The first kappa shape index (κ1) is 15.0. The SMILES string of the molecule is COc1cccc(CC(=O)C(C)(C)N2CCNCC2)c1. The topological polar surface area (TPSA) is 41.6 Å². The average molecular weight is 276 g/mol. The maximum Gasteiger partial charge on any atom is 0.156 e. The van der Waals surface area contributed by atoms with Crippen molar-refractivity contribution in [1.29, 1.82) is 0 Å². The Morgan fingerprint density at radius 3 is 2.70 bits per heavy atom. The van der Waals surface area contributed by atoms with Crippen molar-refractivity contribution in [3.05, 3.63) is 29.8 Å². The molecule has 0 unspecified atom stereocenters. The van der Waals surface area contributed by atoms with E-state index in [1.807, 2.05) is 38.1 Å². The molecule has 4 nitrogen and oxygen atoms in total. The summed E-state index contributed by atoms with van der Waals surface area (Å²) in [5, 5.41) is 3.32. The molecular formula is C16H24N2O2. The van der Waals surface area contributed by atoms with Gasteiger partial charge in [0.1, 0.15) is 5.75 Å². The zero-order chi connectivity index (χ0) is 14.6. The van der Waals surface area contributed by atoms with Crippen LogP contribution in [0.25, 0.3) is 0 Å².